The summed E-state index contributed by atoms with van der Waals surface area (Å²) in [5.74, 6) is 0.558. The van der Waals surface area contributed by atoms with Gasteiger partial charge in [0, 0.05) is 17.3 Å². The smallest absolute Gasteiger partial charge is 0.128 e. The van der Waals surface area contributed by atoms with E-state index in [1.165, 1.54) is 0 Å². The van der Waals surface area contributed by atoms with Crippen LogP contribution in [0.3, 0.4) is 0 Å². The molecule has 0 fully saturated rings. The van der Waals surface area contributed by atoms with Crippen LogP contribution < -0.4 is 11.5 Å². The third-order valence-corrected chi connectivity index (χ3v) is 1.88. The number of rotatable bonds is 1. The second kappa shape index (κ2) is 3.11. The van der Waals surface area contributed by atoms with E-state index in [4.69, 9.17) is 11.5 Å². The van der Waals surface area contributed by atoms with Crippen LogP contribution in [-0.4, -0.2) is 4.98 Å². The molecule has 3 heteroatoms. The molecular formula is C9H15N3. The Morgan fingerprint density at radius 2 is 2.00 bits per heavy atom. The van der Waals surface area contributed by atoms with Crippen LogP contribution in [0, 0.1) is 13.8 Å². The van der Waals surface area contributed by atoms with Crippen LogP contribution in [0.2, 0.25) is 0 Å². The van der Waals surface area contributed by atoms with Crippen molar-refractivity contribution < 1.29 is 0 Å². The Morgan fingerprint density at radius 1 is 1.42 bits per heavy atom. The van der Waals surface area contributed by atoms with Crippen molar-refractivity contribution in [2.24, 2.45) is 5.73 Å². The molecule has 12 heavy (non-hydrogen) atoms. The summed E-state index contributed by atoms with van der Waals surface area (Å²) in [7, 11) is 0. The number of anilines is 1. The predicted octanol–water partition coefficient (Wildman–Crippen LogP) is 1.30. The van der Waals surface area contributed by atoms with Crippen molar-refractivity contribution in [1.29, 1.82) is 0 Å². The Hall–Kier alpha value is -1.09. The largest absolute Gasteiger partial charge is 0.383 e. The highest BCUT2D eigenvalue weighted by Crippen LogP contribution is 2.21. The van der Waals surface area contributed by atoms with Gasteiger partial charge in [0.05, 0.1) is 0 Å². The highest BCUT2D eigenvalue weighted by molar-refractivity contribution is 5.47. The van der Waals surface area contributed by atoms with E-state index in [1.54, 1.807) is 0 Å². The van der Waals surface area contributed by atoms with Gasteiger partial charge in [0.25, 0.3) is 0 Å². The molecule has 0 spiro atoms. The van der Waals surface area contributed by atoms with Gasteiger partial charge in [-0.15, -0.1) is 0 Å². The quantitative estimate of drug-likeness (QED) is 0.659. The number of hydrogen-bond donors (Lipinski definition) is 2. The van der Waals surface area contributed by atoms with Gasteiger partial charge in [0.15, 0.2) is 0 Å². The number of nitrogens with two attached hydrogens (primary N) is 2. The van der Waals surface area contributed by atoms with Gasteiger partial charge < -0.3 is 11.5 Å². The van der Waals surface area contributed by atoms with Gasteiger partial charge in [-0.1, -0.05) is 0 Å². The number of aryl methyl sites for hydroxylation is 2. The molecule has 0 aromatic carbocycles. The van der Waals surface area contributed by atoms with E-state index in [9.17, 15) is 0 Å². The molecule has 0 aliphatic carbocycles. The number of pyridine rings is 1. The second-order valence-corrected chi connectivity index (χ2v) is 3.17. The minimum Gasteiger partial charge on any atom is -0.383 e. The number of nitrogen functional groups attached to an aromatic ring is 1. The molecule has 0 aliphatic rings. The van der Waals surface area contributed by atoms with Crippen molar-refractivity contribution in [3.8, 4) is 0 Å². The average molecular weight is 165 g/mol. The number of hydrogen-bond acceptors (Lipinski definition) is 3. The zero-order chi connectivity index (χ0) is 9.30. The Morgan fingerprint density at radius 3 is 2.42 bits per heavy atom. The monoisotopic (exact) mass is 165 g/mol. The van der Waals surface area contributed by atoms with Crippen LogP contribution in [0.5, 0.6) is 0 Å². The first-order valence-corrected chi connectivity index (χ1v) is 4.01. The van der Waals surface area contributed by atoms with Crippen molar-refractivity contribution in [1.82, 2.24) is 4.98 Å². The van der Waals surface area contributed by atoms with Crippen LogP contribution in [0.25, 0.3) is 0 Å². The summed E-state index contributed by atoms with van der Waals surface area (Å²) in [6, 6.07) is 1.95. The summed E-state index contributed by atoms with van der Waals surface area (Å²) in [5.41, 5.74) is 14.5. The molecule has 3 nitrogen and oxygen atoms in total. The van der Waals surface area contributed by atoms with E-state index >= 15 is 0 Å². The van der Waals surface area contributed by atoms with Crippen molar-refractivity contribution in [3.63, 3.8) is 0 Å². The third kappa shape index (κ3) is 1.56. The summed E-state index contributed by atoms with van der Waals surface area (Å²) in [5, 5.41) is 0. The Labute approximate surface area is 72.8 Å². The number of aromatic nitrogens is 1. The number of nitrogens with zero attached hydrogens (tertiary/aromatic N) is 1. The minimum atomic E-state index is -0.0434. The van der Waals surface area contributed by atoms with Crippen molar-refractivity contribution in [2.75, 3.05) is 5.73 Å². The first-order valence-electron chi connectivity index (χ1n) is 4.01. The van der Waals surface area contributed by atoms with Crippen LogP contribution >= 0.6 is 0 Å². The lowest BCUT2D eigenvalue weighted by Crippen LogP contribution is -2.12. The highest BCUT2D eigenvalue weighted by atomic mass is 14.9. The highest BCUT2D eigenvalue weighted by Gasteiger charge is 2.09. The summed E-state index contributed by atoms with van der Waals surface area (Å²) >= 11 is 0. The first-order chi connectivity index (χ1) is 5.52. The third-order valence-electron chi connectivity index (χ3n) is 1.88. The molecule has 66 valence electrons. The summed E-state index contributed by atoms with van der Waals surface area (Å²) in [6.45, 7) is 5.84. The maximum Gasteiger partial charge on any atom is 0.128 e. The fourth-order valence-electron chi connectivity index (χ4n) is 1.47. The summed E-state index contributed by atoms with van der Waals surface area (Å²) < 4.78 is 0. The molecule has 1 aromatic heterocycles. The van der Waals surface area contributed by atoms with Crippen LogP contribution in [-0.2, 0) is 0 Å². The lowest BCUT2D eigenvalue weighted by Gasteiger charge is -2.12. The lowest BCUT2D eigenvalue weighted by molar-refractivity contribution is 0.805. The topological polar surface area (TPSA) is 64.9 Å². The predicted molar refractivity (Wildman–Crippen MR) is 50.7 cm³/mol. The Kier molecular flexibility index (Phi) is 2.33. The molecular weight excluding hydrogens is 150 g/mol. The summed E-state index contributed by atoms with van der Waals surface area (Å²) in [6.07, 6.45) is 0. The zero-order valence-electron chi connectivity index (χ0n) is 7.76. The van der Waals surface area contributed by atoms with Crippen molar-refractivity contribution in [3.05, 3.63) is 22.9 Å². The molecule has 0 radical (unpaired) electrons. The van der Waals surface area contributed by atoms with Gasteiger partial charge in [0.1, 0.15) is 5.82 Å². The van der Waals surface area contributed by atoms with E-state index in [-0.39, 0.29) is 6.04 Å². The fraction of sp³-hybridized carbons (Fsp3) is 0.444. The second-order valence-electron chi connectivity index (χ2n) is 3.17. The van der Waals surface area contributed by atoms with E-state index in [2.05, 4.69) is 4.98 Å². The molecule has 0 unspecified atom stereocenters. The van der Waals surface area contributed by atoms with Gasteiger partial charge in [0.2, 0.25) is 0 Å². The Bertz CT molecular complexity index is 269. The van der Waals surface area contributed by atoms with Crippen molar-refractivity contribution in [2.45, 2.75) is 26.8 Å². The molecule has 4 N–H and O–H groups in total. The minimum absolute atomic E-state index is 0.0434. The molecule has 1 heterocycles. The maximum atomic E-state index is 5.75. The van der Waals surface area contributed by atoms with Gasteiger partial charge in [-0.2, -0.15) is 0 Å². The molecule has 1 rings (SSSR count). The Balaban J connectivity index is 3.28. The standard InChI is InChI=1S/C9H15N3/c1-5-4-6(2)12-9(11)8(5)7(3)10/h4,7H,10H2,1-3H3,(H2,11,12)/t7-/m0/s1. The van der Waals surface area contributed by atoms with E-state index in [0.717, 1.165) is 16.8 Å². The maximum absolute atomic E-state index is 5.75. The van der Waals surface area contributed by atoms with Gasteiger partial charge in [-0.05, 0) is 32.4 Å². The van der Waals surface area contributed by atoms with Gasteiger partial charge in [-0.3, -0.25) is 0 Å². The van der Waals surface area contributed by atoms with Gasteiger partial charge >= 0.3 is 0 Å². The van der Waals surface area contributed by atoms with Crippen LogP contribution in [0.15, 0.2) is 6.07 Å². The molecule has 0 amide bonds. The normalized spacial score (nSPS) is 13.0. The van der Waals surface area contributed by atoms with Gasteiger partial charge in [-0.25, -0.2) is 4.98 Å². The first kappa shape index (κ1) is 9.00. The van der Waals surface area contributed by atoms with Crippen LogP contribution in [0.1, 0.15) is 29.8 Å². The molecule has 1 atom stereocenters. The van der Waals surface area contributed by atoms with Crippen LogP contribution in [0.4, 0.5) is 5.82 Å². The molecule has 0 aliphatic heterocycles. The molecule has 1 aromatic rings. The lowest BCUT2D eigenvalue weighted by atomic mass is 10.0. The van der Waals surface area contributed by atoms with E-state index in [1.807, 2.05) is 26.8 Å². The zero-order valence-corrected chi connectivity index (χ0v) is 7.76. The van der Waals surface area contributed by atoms with Crippen molar-refractivity contribution >= 4 is 5.82 Å². The van der Waals surface area contributed by atoms with E-state index < -0.39 is 0 Å². The molecule has 0 saturated carbocycles. The molecule has 0 saturated heterocycles. The average Bonchev–Trinajstić information content (AvgIpc) is 1.82. The summed E-state index contributed by atoms with van der Waals surface area (Å²) in [4.78, 5) is 4.15. The SMILES string of the molecule is Cc1cc(C)c([C@H](C)N)c(N)n1. The molecule has 0 bridgehead atoms. The fourth-order valence-corrected chi connectivity index (χ4v) is 1.47. The van der Waals surface area contributed by atoms with E-state index in [0.29, 0.717) is 5.82 Å².